The Morgan fingerprint density at radius 1 is 1.13 bits per heavy atom. The second kappa shape index (κ2) is 7.59. The Hall–Kier alpha value is -3.74. The number of oxazole rings is 1. The molecule has 7 heteroatoms. The first-order chi connectivity index (χ1) is 14.7. The zero-order valence-electron chi connectivity index (χ0n) is 16.7. The fourth-order valence-electron chi connectivity index (χ4n) is 3.64. The molecule has 5 rings (SSSR count). The van der Waals surface area contributed by atoms with E-state index in [2.05, 4.69) is 38.5 Å². The number of aromatic nitrogens is 4. The van der Waals surface area contributed by atoms with Crippen molar-refractivity contribution in [2.24, 2.45) is 0 Å². The summed E-state index contributed by atoms with van der Waals surface area (Å²) in [6.45, 7) is 2.48. The molecule has 0 unspecified atom stereocenters. The minimum atomic E-state index is 0.363. The average molecular weight is 398 g/mol. The Kier molecular flexibility index (Phi) is 4.63. The van der Waals surface area contributed by atoms with Crippen molar-refractivity contribution in [1.82, 2.24) is 25.3 Å². The van der Waals surface area contributed by atoms with Crippen LogP contribution in [0.1, 0.15) is 36.3 Å². The van der Waals surface area contributed by atoms with Gasteiger partial charge in [0.2, 0.25) is 5.89 Å². The molecule has 30 heavy (non-hydrogen) atoms. The molecule has 0 radical (unpaired) electrons. The monoisotopic (exact) mass is 398 g/mol. The van der Waals surface area contributed by atoms with E-state index in [1.807, 2.05) is 25.3 Å². The van der Waals surface area contributed by atoms with Crippen LogP contribution in [0.4, 0.5) is 5.82 Å². The standard InChI is InChI=1S/C23H22N6O/c1-14-19(23-25-9-10-30-23)29-22(24)21(28-14)20(15-7-4-8-15)27-13-18-11-16-5-2-3-6-17(16)12-26-18/h2-3,5-6,9-12,27H,4,7-8,13H2,1H3,(H2,24,29). The van der Waals surface area contributed by atoms with Gasteiger partial charge in [0, 0.05) is 11.6 Å². The summed E-state index contributed by atoms with van der Waals surface area (Å²) in [6.07, 6.45) is 8.26. The number of nitrogens with one attached hydrogen (secondary N) is 1. The average Bonchev–Trinajstić information content (AvgIpc) is 3.25. The summed E-state index contributed by atoms with van der Waals surface area (Å²) in [7, 11) is 0. The van der Waals surface area contributed by atoms with Gasteiger partial charge in [-0.1, -0.05) is 24.3 Å². The van der Waals surface area contributed by atoms with E-state index < -0.39 is 0 Å². The minimum absolute atomic E-state index is 0.363. The van der Waals surface area contributed by atoms with Gasteiger partial charge < -0.3 is 15.5 Å². The summed E-state index contributed by atoms with van der Waals surface area (Å²) in [5, 5.41) is 5.84. The fraction of sp³-hybridized carbons (Fsp3) is 0.217. The first kappa shape index (κ1) is 18.3. The Labute approximate surface area is 174 Å². The highest BCUT2D eigenvalue weighted by molar-refractivity contribution is 5.82. The zero-order valence-corrected chi connectivity index (χ0v) is 16.7. The van der Waals surface area contributed by atoms with Gasteiger partial charge in [-0.2, -0.15) is 0 Å². The number of fused-ring (bicyclic) bond motifs is 1. The quantitative estimate of drug-likeness (QED) is 0.518. The van der Waals surface area contributed by atoms with Gasteiger partial charge in [0.1, 0.15) is 17.7 Å². The van der Waals surface area contributed by atoms with E-state index in [4.69, 9.17) is 15.1 Å². The molecule has 0 atom stereocenters. The van der Waals surface area contributed by atoms with E-state index in [9.17, 15) is 0 Å². The van der Waals surface area contributed by atoms with Crippen LogP contribution in [0.3, 0.4) is 0 Å². The summed E-state index contributed by atoms with van der Waals surface area (Å²) >= 11 is 0. The van der Waals surface area contributed by atoms with Crippen molar-refractivity contribution >= 4 is 22.3 Å². The van der Waals surface area contributed by atoms with Crippen molar-refractivity contribution in [2.45, 2.75) is 32.7 Å². The summed E-state index contributed by atoms with van der Waals surface area (Å²) in [6, 6.07) is 10.3. The number of nitrogens with zero attached hydrogens (tertiary/aromatic N) is 4. The molecule has 3 aromatic heterocycles. The molecule has 1 aliphatic carbocycles. The van der Waals surface area contributed by atoms with Crippen LogP contribution in [0.25, 0.3) is 28.1 Å². The van der Waals surface area contributed by atoms with Gasteiger partial charge in [0.25, 0.3) is 0 Å². The van der Waals surface area contributed by atoms with Crippen LogP contribution >= 0.6 is 0 Å². The SMILES string of the molecule is Cc1nc(C(NCc2cc3ccccc3cn2)=C2CCC2)c(N)nc1-c1ncco1. The normalized spacial score (nSPS) is 13.3. The number of anilines is 1. The van der Waals surface area contributed by atoms with Crippen molar-refractivity contribution in [3.8, 4) is 11.6 Å². The van der Waals surface area contributed by atoms with Crippen LogP contribution in [-0.2, 0) is 6.54 Å². The van der Waals surface area contributed by atoms with E-state index in [1.165, 1.54) is 23.6 Å². The molecule has 3 heterocycles. The number of nitrogens with two attached hydrogens (primary N) is 1. The highest BCUT2D eigenvalue weighted by atomic mass is 16.3. The molecular weight excluding hydrogens is 376 g/mol. The summed E-state index contributed by atoms with van der Waals surface area (Å²) in [5.74, 6) is 0.784. The van der Waals surface area contributed by atoms with Crippen molar-refractivity contribution < 1.29 is 4.42 Å². The maximum Gasteiger partial charge on any atom is 0.246 e. The molecule has 0 spiro atoms. The predicted molar refractivity (Wildman–Crippen MR) is 116 cm³/mol. The smallest absolute Gasteiger partial charge is 0.246 e. The number of hydrogen-bond donors (Lipinski definition) is 2. The van der Waals surface area contributed by atoms with Crippen molar-refractivity contribution in [3.63, 3.8) is 0 Å². The molecule has 1 aromatic carbocycles. The molecular formula is C23H22N6O. The fourth-order valence-corrected chi connectivity index (χ4v) is 3.64. The minimum Gasteiger partial charge on any atom is -0.443 e. The third-order valence-corrected chi connectivity index (χ3v) is 5.41. The van der Waals surface area contributed by atoms with Gasteiger partial charge in [-0.15, -0.1) is 0 Å². The van der Waals surface area contributed by atoms with Crippen molar-refractivity contribution in [1.29, 1.82) is 0 Å². The lowest BCUT2D eigenvalue weighted by atomic mass is 9.89. The molecule has 1 saturated carbocycles. The van der Waals surface area contributed by atoms with E-state index in [0.29, 0.717) is 29.6 Å². The number of allylic oxidation sites excluding steroid dienone is 1. The van der Waals surface area contributed by atoms with E-state index in [-0.39, 0.29) is 0 Å². The van der Waals surface area contributed by atoms with Gasteiger partial charge in [0.05, 0.1) is 29.8 Å². The second-order valence-electron chi connectivity index (χ2n) is 7.44. The van der Waals surface area contributed by atoms with E-state index in [1.54, 1.807) is 6.20 Å². The topological polar surface area (TPSA) is 103 Å². The summed E-state index contributed by atoms with van der Waals surface area (Å²) in [5.41, 5.74) is 11.5. The first-order valence-corrected chi connectivity index (χ1v) is 10.0. The molecule has 4 aromatic rings. The Morgan fingerprint density at radius 3 is 2.70 bits per heavy atom. The lowest BCUT2D eigenvalue weighted by Crippen LogP contribution is -2.20. The van der Waals surface area contributed by atoms with Gasteiger partial charge in [-0.05, 0) is 43.2 Å². The first-order valence-electron chi connectivity index (χ1n) is 10.0. The van der Waals surface area contributed by atoms with Crippen LogP contribution in [0.5, 0.6) is 0 Å². The number of nitrogen functional groups attached to an aromatic ring is 1. The van der Waals surface area contributed by atoms with Gasteiger partial charge in [0.15, 0.2) is 5.82 Å². The highest BCUT2D eigenvalue weighted by Crippen LogP contribution is 2.34. The lowest BCUT2D eigenvalue weighted by molar-refractivity contribution is 0.571. The molecule has 0 bridgehead atoms. The number of benzene rings is 1. The van der Waals surface area contributed by atoms with Gasteiger partial charge >= 0.3 is 0 Å². The Bertz CT molecular complexity index is 1240. The molecule has 0 saturated heterocycles. The molecule has 0 aliphatic heterocycles. The number of aryl methyl sites for hydroxylation is 1. The van der Waals surface area contributed by atoms with Crippen LogP contribution in [0.15, 0.2) is 59.0 Å². The maximum atomic E-state index is 6.32. The van der Waals surface area contributed by atoms with Crippen LogP contribution in [0.2, 0.25) is 0 Å². The third kappa shape index (κ3) is 3.39. The highest BCUT2D eigenvalue weighted by Gasteiger charge is 2.22. The third-order valence-electron chi connectivity index (χ3n) is 5.41. The number of hydrogen-bond acceptors (Lipinski definition) is 7. The lowest BCUT2D eigenvalue weighted by Gasteiger charge is -2.24. The van der Waals surface area contributed by atoms with Crippen LogP contribution in [-0.4, -0.2) is 19.9 Å². The molecule has 7 nitrogen and oxygen atoms in total. The molecule has 3 N–H and O–H groups in total. The zero-order chi connectivity index (χ0) is 20.5. The van der Waals surface area contributed by atoms with Crippen molar-refractivity contribution in [3.05, 3.63) is 71.6 Å². The van der Waals surface area contributed by atoms with E-state index >= 15 is 0 Å². The van der Waals surface area contributed by atoms with Gasteiger partial charge in [-0.25, -0.2) is 15.0 Å². The summed E-state index contributed by atoms with van der Waals surface area (Å²) in [4.78, 5) is 18.1. The predicted octanol–water partition coefficient (Wildman–Crippen LogP) is 4.26. The molecule has 0 amide bonds. The van der Waals surface area contributed by atoms with E-state index in [0.717, 1.165) is 35.3 Å². The number of rotatable bonds is 5. The maximum absolute atomic E-state index is 6.32. The Morgan fingerprint density at radius 2 is 1.97 bits per heavy atom. The molecule has 1 aliphatic rings. The van der Waals surface area contributed by atoms with Crippen LogP contribution in [0, 0.1) is 6.92 Å². The second-order valence-corrected chi connectivity index (χ2v) is 7.44. The number of pyridine rings is 1. The van der Waals surface area contributed by atoms with Crippen LogP contribution < -0.4 is 11.1 Å². The Balaban J connectivity index is 1.46. The van der Waals surface area contributed by atoms with Crippen molar-refractivity contribution in [2.75, 3.05) is 5.73 Å². The van der Waals surface area contributed by atoms with Gasteiger partial charge in [-0.3, -0.25) is 4.98 Å². The summed E-state index contributed by atoms with van der Waals surface area (Å²) < 4.78 is 5.37. The molecule has 1 fully saturated rings. The largest absolute Gasteiger partial charge is 0.443 e. The molecule has 150 valence electrons.